The lowest BCUT2D eigenvalue weighted by Gasteiger charge is -2.25. The molecule has 11 aromatic rings. The average molecular weight is 1220 g/mol. The molecule has 0 aliphatic heterocycles. The summed E-state index contributed by atoms with van der Waals surface area (Å²) in [5.74, 6) is 1.31. The minimum absolute atomic E-state index is 0.0407. The van der Waals surface area contributed by atoms with Gasteiger partial charge in [0.1, 0.15) is 0 Å². The molecular formula is C94H94. The Hall–Kier alpha value is -8.58. The SMILES string of the molecule is CC.CCCc1c(-c2ccc(C)cc2)cccc1-c1ccccc1C.CCCc1ccccc1-c1ccc2c(c1C)-c1cc3c(cc1C2(C)C)-c1ccc(CCc2ccc4c(c2)C(C)(C)c2cc5c(cc2-4)C(C)(C)c2ccc4c(c2-5)C2CC2c2ccccc2-4)cc1C3(C)C. The molecule has 2 unspecified atom stereocenters. The highest BCUT2D eigenvalue weighted by atomic mass is 14.5. The Morgan fingerprint density at radius 2 is 0.798 bits per heavy atom. The van der Waals surface area contributed by atoms with Crippen molar-refractivity contribution >= 4 is 0 Å². The van der Waals surface area contributed by atoms with E-state index < -0.39 is 0 Å². The van der Waals surface area contributed by atoms with Gasteiger partial charge in [-0.25, -0.2) is 0 Å². The first-order chi connectivity index (χ1) is 45.3. The molecule has 0 heterocycles. The highest BCUT2D eigenvalue weighted by Crippen LogP contribution is 2.67. The number of aryl methyl sites for hydroxylation is 5. The summed E-state index contributed by atoms with van der Waals surface area (Å²) in [6.45, 7) is 35.0. The van der Waals surface area contributed by atoms with Crippen LogP contribution in [0.5, 0.6) is 0 Å². The quantitative estimate of drug-likeness (QED) is 0.128. The van der Waals surface area contributed by atoms with Crippen LogP contribution >= 0.6 is 0 Å². The first-order valence-corrected chi connectivity index (χ1v) is 35.7. The number of benzene rings is 11. The average Bonchev–Trinajstić information content (AvgIpc) is 1.52. The van der Waals surface area contributed by atoms with E-state index in [4.69, 9.17) is 0 Å². The van der Waals surface area contributed by atoms with E-state index in [0.717, 1.165) is 38.5 Å². The maximum Gasteiger partial charge on any atom is 0.0159 e. The molecule has 0 amide bonds. The third kappa shape index (κ3) is 9.41. The van der Waals surface area contributed by atoms with E-state index in [1.807, 2.05) is 13.8 Å². The molecule has 0 spiro atoms. The van der Waals surface area contributed by atoms with Gasteiger partial charge in [-0.05, 0) is 267 Å². The number of hydrogen-bond donors (Lipinski definition) is 0. The minimum Gasteiger partial charge on any atom is -0.0683 e. The zero-order chi connectivity index (χ0) is 65.5. The van der Waals surface area contributed by atoms with Crippen LogP contribution in [0, 0.1) is 20.8 Å². The lowest BCUT2D eigenvalue weighted by Crippen LogP contribution is -2.17. The Morgan fingerprint density at radius 1 is 0.330 bits per heavy atom. The normalized spacial score (nSPS) is 17.0. The summed E-state index contributed by atoms with van der Waals surface area (Å²) in [7, 11) is 0. The summed E-state index contributed by atoms with van der Waals surface area (Å²) >= 11 is 0. The molecule has 470 valence electrons. The third-order valence-corrected chi connectivity index (χ3v) is 23.5. The molecule has 0 nitrogen and oxygen atoms in total. The van der Waals surface area contributed by atoms with Gasteiger partial charge < -0.3 is 0 Å². The maximum absolute atomic E-state index is 2.64. The van der Waals surface area contributed by atoms with Crippen molar-refractivity contribution in [3.05, 3.63) is 295 Å². The van der Waals surface area contributed by atoms with Crippen molar-refractivity contribution in [3.8, 4) is 89.0 Å². The van der Waals surface area contributed by atoms with Crippen molar-refractivity contribution in [1.82, 2.24) is 0 Å². The van der Waals surface area contributed by atoms with Gasteiger partial charge in [0.15, 0.2) is 0 Å². The molecule has 94 heavy (non-hydrogen) atoms. The molecule has 11 aromatic carbocycles. The molecule has 6 aliphatic rings. The molecule has 17 rings (SSSR count). The fraction of sp³-hybridized carbons (Fsp3) is 0.298. The molecule has 0 N–H and O–H groups in total. The summed E-state index contributed by atoms with van der Waals surface area (Å²) in [4.78, 5) is 0. The topological polar surface area (TPSA) is 0 Å². The zero-order valence-corrected chi connectivity index (χ0v) is 58.7. The first-order valence-electron chi connectivity index (χ1n) is 35.7. The standard InChI is InChI=1S/C69H64.C23H24.C2H6/c1-11-16-41-17-12-13-18-43(41)42-27-29-55-63(38(42)2)53-36-59-50(34-61(53)66(55,3)4)46-25-23-39(31-57(46)68(59,7)8)21-22-40-24-26-47-51-35-62-54(37-60(51)69(9,10)58(47)32-40)65-56(67(62,5)6)30-28-48-44-19-14-15-20-45(44)49-33-52(49)64(48)65;1-4-8-22-21(19-15-13-17(2)14-16-19)11-7-12-23(22)20-10-6-5-9-18(20)3;1-2/h12-15,17-20,23-32,34-37,49,52H,11,16,21-22,33H2,1-10H3;5-7,9-16H,4,8H2,1-3H3;1-2H3. The molecule has 6 aliphatic carbocycles. The number of fused-ring (bicyclic) bond motifs is 19. The predicted molar refractivity (Wildman–Crippen MR) is 402 cm³/mol. The Bertz CT molecular complexity index is 4890. The van der Waals surface area contributed by atoms with Gasteiger partial charge in [-0.2, -0.15) is 0 Å². The van der Waals surface area contributed by atoms with Crippen molar-refractivity contribution in [2.75, 3.05) is 0 Å². The summed E-state index contributed by atoms with van der Waals surface area (Å²) in [5.41, 5.74) is 47.4. The lowest BCUT2D eigenvalue weighted by atomic mass is 9.78. The van der Waals surface area contributed by atoms with Crippen LogP contribution in [-0.2, 0) is 47.3 Å². The molecule has 0 radical (unpaired) electrons. The van der Waals surface area contributed by atoms with Crippen LogP contribution in [0.4, 0.5) is 0 Å². The molecule has 0 bridgehead atoms. The molecule has 1 saturated carbocycles. The van der Waals surface area contributed by atoms with E-state index in [1.165, 1.54) is 173 Å². The highest BCUT2D eigenvalue weighted by Gasteiger charge is 2.51. The fourth-order valence-electron chi connectivity index (χ4n) is 18.3. The van der Waals surface area contributed by atoms with E-state index in [2.05, 4.69) is 290 Å². The van der Waals surface area contributed by atoms with Crippen molar-refractivity contribution < 1.29 is 0 Å². The highest BCUT2D eigenvalue weighted by molar-refractivity contribution is 5.97. The molecule has 1 fully saturated rings. The second-order valence-corrected chi connectivity index (χ2v) is 30.5. The van der Waals surface area contributed by atoms with Gasteiger partial charge in [-0.1, -0.05) is 277 Å². The van der Waals surface area contributed by atoms with Crippen LogP contribution in [0.15, 0.2) is 200 Å². The van der Waals surface area contributed by atoms with Gasteiger partial charge in [-0.3, -0.25) is 0 Å². The zero-order valence-electron chi connectivity index (χ0n) is 58.7. The van der Waals surface area contributed by atoms with E-state index in [9.17, 15) is 0 Å². The molecular weight excluding hydrogens is 1130 g/mol. The van der Waals surface area contributed by atoms with Crippen molar-refractivity contribution in [3.63, 3.8) is 0 Å². The van der Waals surface area contributed by atoms with Crippen LogP contribution in [-0.4, -0.2) is 0 Å². The second kappa shape index (κ2) is 22.8. The van der Waals surface area contributed by atoms with Gasteiger partial charge in [0.05, 0.1) is 0 Å². The largest absolute Gasteiger partial charge is 0.0683 e. The summed E-state index contributed by atoms with van der Waals surface area (Å²) < 4.78 is 0. The van der Waals surface area contributed by atoms with E-state index in [1.54, 1.807) is 16.7 Å². The van der Waals surface area contributed by atoms with Crippen LogP contribution in [0.2, 0.25) is 0 Å². The Kier molecular flexibility index (Phi) is 15.0. The summed E-state index contributed by atoms with van der Waals surface area (Å²) in [6, 6.07) is 77.7. The maximum atomic E-state index is 2.64. The van der Waals surface area contributed by atoms with Gasteiger partial charge in [0, 0.05) is 21.7 Å². The molecule has 0 heteroatoms. The summed E-state index contributed by atoms with van der Waals surface area (Å²) in [6.07, 6.45) is 7.85. The minimum atomic E-state index is -0.0925. The Balaban J connectivity index is 0.000000246. The monoisotopic (exact) mass is 1220 g/mol. The fourth-order valence-corrected chi connectivity index (χ4v) is 18.3. The first kappa shape index (κ1) is 61.6. The molecule has 0 saturated heterocycles. The van der Waals surface area contributed by atoms with Crippen LogP contribution < -0.4 is 0 Å². The van der Waals surface area contributed by atoms with E-state index in [-0.39, 0.29) is 21.7 Å². The van der Waals surface area contributed by atoms with Crippen molar-refractivity contribution in [1.29, 1.82) is 0 Å². The Morgan fingerprint density at radius 3 is 1.40 bits per heavy atom. The summed E-state index contributed by atoms with van der Waals surface area (Å²) in [5, 5.41) is 0. The van der Waals surface area contributed by atoms with E-state index in [0.29, 0.717) is 11.8 Å². The van der Waals surface area contributed by atoms with Crippen LogP contribution in [0.3, 0.4) is 0 Å². The van der Waals surface area contributed by atoms with Crippen molar-refractivity contribution in [2.24, 2.45) is 0 Å². The lowest BCUT2D eigenvalue weighted by molar-refractivity contribution is 0.650. The van der Waals surface area contributed by atoms with Gasteiger partial charge >= 0.3 is 0 Å². The van der Waals surface area contributed by atoms with Gasteiger partial charge in [0.2, 0.25) is 0 Å². The molecule has 0 aromatic heterocycles. The predicted octanol–water partition coefficient (Wildman–Crippen LogP) is 25.5. The number of hydrogen-bond acceptors (Lipinski definition) is 0. The second-order valence-electron chi connectivity index (χ2n) is 30.5. The smallest absolute Gasteiger partial charge is 0.0159 e. The van der Waals surface area contributed by atoms with Crippen LogP contribution in [0.25, 0.3) is 89.0 Å². The van der Waals surface area contributed by atoms with Crippen LogP contribution in [0.1, 0.15) is 209 Å². The number of rotatable bonds is 10. The Labute approximate surface area is 562 Å². The van der Waals surface area contributed by atoms with Crippen molar-refractivity contribution in [2.45, 2.75) is 182 Å². The molecule has 2 atom stereocenters. The third-order valence-electron chi connectivity index (χ3n) is 23.5. The van der Waals surface area contributed by atoms with E-state index >= 15 is 0 Å². The van der Waals surface area contributed by atoms with Gasteiger partial charge in [0.25, 0.3) is 0 Å². The van der Waals surface area contributed by atoms with Gasteiger partial charge in [-0.15, -0.1) is 0 Å².